The molecule has 31 heavy (non-hydrogen) atoms. The molecule has 2 aromatic heterocycles. The molecule has 4 rings (SSSR count). The first-order valence-corrected chi connectivity index (χ1v) is 12.3. The Morgan fingerprint density at radius 1 is 1.13 bits per heavy atom. The number of piperazine rings is 1. The maximum absolute atomic E-state index is 12.9. The van der Waals surface area contributed by atoms with Crippen LogP contribution in [0.2, 0.25) is 0 Å². The number of aromatic amines is 1. The molecule has 0 bridgehead atoms. The monoisotopic (exact) mass is 444 g/mol. The number of amides is 1. The Balaban J connectivity index is 1.48. The fourth-order valence-electron chi connectivity index (χ4n) is 4.84. The van der Waals surface area contributed by atoms with Gasteiger partial charge < -0.3 is 9.88 Å². The zero-order chi connectivity index (χ0) is 22.6. The van der Waals surface area contributed by atoms with Crippen molar-refractivity contribution in [3.8, 4) is 0 Å². The average Bonchev–Trinajstić information content (AvgIpc) is 3.04. The van der Waals surface area contributed by atoms with Crippen molar-refractivity contribution < 1.29 is 4.79 Å². The molecule has 0 aromatic carbocycles. The van der Waals surface area contributed by atoms with Gasteiger partial charge in [-0.15, -0.1) is 11.3 Å². The lowest BCUT2D eigenvalue weighted by Gasteiger charge is -2.37. The number of fused-ring (bicyclic) bond motifs is 3. The second-order valence-electron chi connectivity index (χ2n) is 11.3. The van der Waals surface area contributed by atoms with E-state index in [0.717, 1.165) is 61.5 Å². The number of nitrogens with one attached hydrogen (secondary N) is 1. The number of rotatable bonds is 2. The summed E-state index contributed by atoms with van der Waals surface area (Å²) in [5, 5.41) is 0.816. The van der Waals surface area contributed by atoms with Gasteiger partial charge in [0.1, 0.15) is 10.7 Å². The number of aromatic nitrogens is 2. The molecule has 0 saturated carbocycles. The Hall–Kier alpha value is -1.73. The van der Waals surface area contributed by atoms with Gasteiger partial charge in [-0.05, 0) is 36.2 Å². The zero-order valence-electron chi connectivity index (χ0n) is 19.8. The summed E-state index contributed by atoms with van der Waals surface area (Å²) in [6.07, 6.45) is 3.17. The first-order chi connectivity index (χ1) is 14.4. The minimum Gasteiger partial charge on any atom is -0.340 e. The van der Waals surface area contributed by atoms with E-state index in [1.54, 1.807) is 11.3 Å². The molecule has 1 aliphatic carbocycles. The third kappa shape index (κ3) is 4.58. The number of H-pyrrole nitrogens is 1. The molecular formula is C24H36N4O2S. The Morgan fingerprint density at radius 3 is 2.42 bits per heavy atom. The van der Waals surface area contributed by atoms with Crippen LogP contribution in [-0.4, -0.2) is 51.9 Å². The first-order valence-electron chi connectivity index (χ1n) is 11.5. The number of nitrogens with zero attached hydrogens (tertiary/aromatic N) is 3. The number of hydrogen-bond acceptors (Lipinski definition) is 5. The standard InChI is InChI=1S/C24H36N4O2S/c1-23(2,3)15-7-8-16-17(13-15)31-21-19(16)20(29)25-18(26-21)14-27-9-11-28(12-10-27)22(30)24(4,5)6/h15H,7-14H2,1-6H3,(H,25,26,29)/t15-/m1/s1. The lowest BCUT2D eigenvalue weighted by Crippen LogP contribution is -2.51. The topological polar surface area (TPSA) is 69.3 Å². The second kappa shape index (κ2) is 8.00. The number of thiophene rings is 1. The van der Waals surface area contributed by atoms with Crippen LogP contribution in [-0.2, 0) is 24.2 Å². The third-order valence-corrected chi connectivity index (χ3v) is 8.02. The molecule has 2 aromatic rings. The molecule has 2 aliphatic rings. The van der Waals surface area contributed by atoms with Gasteiger partial charge in [0.25, 0.3) is 5.56 Å². The summed E-state index contributed by atoms with van der Waals surface area (Å²) in [7, 11) is 0. The van der Waals surface area contributed by atoms with Crippen LogP contribution in [0.15, 0.2) is 4.79 Å². The number of carbonyl (C=O) groups is 1. The largest absolute Gasteiger partial charge is 0.340 e. The summed E-state index contributed by atoms with van der Waals surface area (Å²) < 4.78 is 0. The van der Waals surface area contributed by atoms with E-state index in [1.807, 2.05) is 25.7 Å². The lowest BCUT2D eigenvalue weighted by atomic mass is 9.72. The maximum Gasteiger partial charge on any atom is 0.259 e. The van der Waals surface area contributed by atoms with Crippen LogP contribution < -0.4 is 5.56 Å². The van der Waals surface area contributed by atoms with E-state index < -0.39 is 0 Å². The Bertz CT molecular complexity index is 1030. The van der Waals surface area contributed by atoms with Crippen molar-refractivity contribution in [3.05, 3.63) is 26.6 Å². The van der Waals surface area contributed by atoms with E-state index in [2.05, 4.69) is 30.7 Å². The lowest BCUT2D eigenvalue weighted by molar-refractivity contribution is -0.141. The molecule has 1 fully saturated rings. The van der Waals surface area contributed by atoms with Crippen LogP contribution in [0.5, 0.6) is 0 Å². The minimum atomic E-state index is -0.343. The third-order valence-electron chi connectivity index (χ3n) is 6.87. The molecule has 0 radical (unpaired) electrons. The molecule has 1 saturated heterocycles. The summed E-state index contributed by atoms with van der Waals surface area (Å²) in [4.78, 5) is 39.8. The SMILES string of the molecule is CC(C)(C)C(=O)N1CCN(Cc2nc3sc4c(c3c(=O)[nH]2)CC[C@@H](C(C)(C)C)C4)CC1. The molecule has 6 nitrogen and oxygen atoms in total. The number of aryl methyl sites for hydroxylation is 1. The molecule has 1 N–H and O–H groups in total. The molecule has 0 unspecified atom stereocenters. The van der Waals surface area contributed by atoms with Gasteiger partial charge in [0, 0.05) is 36.5 Å². The van der Waals surface area contributed by atoms with Crippen LogP contribution in [0.4, 0.5) is 0 Å². The number of hydrogen-bond donors (Lipinski definition) is 1. The molecule has 1 amide bonds. The van der Waals surface area contributed by atoms with Crippen LogP contribution in [0.25, 0.3) is 10.2 Å². The van der Waals surface area contributed by atoms with E-state index in [9.17, 15) is 9.59 Å². The molecule has 170 valence electrons. The molecule has 1 atom stereocenters. The van der Waals surface area contributed by atoms with Crippen molar-refractivity contribution in [1.82, 2.24) is 19.8 Å². The Morgan fingerprint density at radius 2 is 1.81 bits per heavy atom. The summed E-state index contributed by atoms with van der Waals surface area (Å²) in [5.74, 6) is 1.59. The Kier molecular flexibility index (Phi) is 5.80. The highest BCUT2D eigenvalue weighted by atomic mass is 32.1. The van der Waals surface area contributed by atoms with Crippen molar-refractivity contribution in [2.24, 2.45) is 16.7 Å². The predicted octanol–water partition coefficient (Wildman–Crippen LogP) is 3.83. The van der Waals surface area contributed by atoms with Crippen molar-refractivity contribution >= 4 is 27.5 Å². The van der Waals surface area contributed by atoms with E-state index in [1.165, 1.54) is 10.4 Å². The van der Waals surface area contributed by atoms with Gasteiger partial charge in [-0.3, -0.25) is 14.5 Å². The first kappa shape index (κ1) is 22.5. The van der Waals surface area contributed by atoms with Gasteiger partial charge in [-0.1, -0.05) is 41.5 Å². The van der Waals surface area contributed by atoms with Crippen molar-refractivity contribution in [2.75, 3.05) is 26.2 Å². The van der Waals surface area contributed by atoms with E-state index >= 15 is 0 Å². The van der Waals surface area contributed by atoms with Crippen molar-refractivity contribution in [2.45, 2.75) is 67.3 Å². The quantitative estimate of drug-likeness (QED) is 0.764. The molecule has 0 spiro atoms. The highest BCUT2D eigenvalue weighted by Gasteiger charge is 2.32. The summed E-state index contributed by atoms with van der Waals surface area (Å²) in [6, 6.07) is 0. The molecule has 7 heteroatoms. The van der Waals surface area contributed by atoms with E-state index in [0.29, 0.717) is 12.5 Å². The maximum atomic E-state index is 12.9. The summed E-state index contributed by atoms with van der Waals surface area (Å²) in [5.41, 5.74) is 1.18. The van der Waals surface area contributed by atoms with Gasteiger partial charge >= 0.3 is 0 Å². The van der Waals surface area contributed by atoms with Crippen molar-refractivity contribution in [3.63, 3.8) is 0 Å². The highest BCUT2D eigenvalue weighted by Crippen LogP contribution is 2.42. The number of carbonyl (C=O) groups excluding carboxylic acids is 1. The zero-order valence-corrected chi connectivity index (χ0v) is 20.6. The summed E-state index contributed by atoms with van der Waals surface area (Å²) >= 11 is 1.71. The normalized spacial score (nSPS) is 20.8. The average molecular weight is 445 g/mol. The Labute approximate surface area is 189 Å². The van der Waals surface area contributed by atoms with Gasteiger partial charge in [0.15, 0.2) is 0 Å². The predicted molar refractivity (Wildman–Crippen MR) is 127 cm³/mol. The summed E-state index contributed by atoms with van der Waals surface area (Å²) in [6.45, 7) is 16.5. The van der Waals surface area contributed by atoms with E-state index in [-0.39, 0.29) is 22.3 Å². The molecular weight excluding hydrogens is 408 g/mol. The van der Waals surface area contributed by atoms with Gasteiger partial charge in [0.05, 0.1) is 11.9 Å². The smallest absolute Gasteiger partial charge is 0.259 e. The van der Waals surface area contributed by atoms with Crippen molar-refractivity contribution in [1.29, 1.82) is 0 Å². The second-order valence-corrected chi connectivity index (χ2v) is 12.4. The van der Waals surface area contributed by atoms with Crippen LogP contribution in [0, 0.1) is 16.7 Å². The van der Waals surface area contributed by atoms with Gasteiger partial charge in [-0.25, -0.2) is 4.98 Å². The van der Waals surface area contributed by atoms with Gasteiger partial charge in [0.2, 0.25) is 5.91 Å². The minimum absolute atomic E-state index is 0.00764. The van der Waals surface area contributed by atoms with Crippen LogP contribution in [0.3, 0.4) is 0 Å². The fraction of sp³-hybridized carbons (Fsp3) is 0.708. The highest BCUT2D eigenvalue weighted by molar-refractivity contribution is 7.18. The molecule has 3 heterocycles. The fourth-order valence-corrected chi connectivity index (χ4v) is 6.16. The van der Waals surface area contributed by atoms with Crippen LogP contribution in [0.1, 0.15) is 64.2 Å². The molecule has 1 aliphatic heterocycles. The van der Waals surface area contributed by atoms with E-state index in [4.69, 9.17) is 4.98 Å². The van der Waals surface area contributed by atoms with Gasteiger partial charge in [-0.2, -0.15) is 0 Å². The van der Waals surface area contributed by atoms with Crippen LogP contribution >= 0.6 is 11.3 Å².